The first kappa shape index (κ1) is 13.7. The number of hydrogen-bond acceptors (Lipinski definition) is 5. The van der Waals surface area contributed by atoms with Gasteiger partial charge in [-0.05, 0) is 13.8 Å². The van der Waals surface area contributed by atoms with E-state index in [4.69, 9.17) is 9.26 Å². The summed E-state index contributed by atoms with van der Waals surface area (Å²) in [5.74, 6) is -0.242. The van der Waals surface area contributed by atoms with Gasteiger partial charge >= 0.3 is 0 Å². The second-order valence-electron chi connectivity index (χ2n) is 4.25. The molecule has 1 atom stereocenters. The van der Waals surface area contributed by atoms with Gasteiger partial charge < -0.3 is 19.7 Å². The van der Waals surface area contributed by atoms with Crippen molar-refractivity contribution in [1.29, 1.82) is 0 Å². The van der Waals surface area contributed by atoms with Crippen LogP contribution in [-0.4, -0.2) is 42.0 Å². The SMILES string of the molecule is COCCC(C)(O)CNC(=O)c1cc(C)no1. The molecule has 0 bridgehead atoms. The molecule has 0 saturated heterocycles. The highest BCUT2D eigenvalue weighted by atomic mass is 16.5. The lowest BCUT2D eigenvalue weighted by atomic mass is 10.0. The molecule has 0 spiro atoms. The summed E-state index contributed by atoms with van der Waals surface area (Å²) in [5.41, 5.74) is -0.359. The van der Waals surface area contributed by atoms with Crippen LogP contribution in [0.15, 0.2) is 10.6 Å². The minimum Gasteiger partial charge on any atom is -0.388 e. The maximum Gasteiger partial charge on any atom is 0.290 e. The lowest BCUT2D eigenvalue weighted by molar-refractivity contribution is 0.0240. The van der Waals surface area contributed by atoms with Crippen molar-refractivity contribution in [2.24, 2.45) is 0 Å². The van der Waals surface area contributed by atoms with Gasteiger partial charge in [-0.15, -0.1) is 0 Å². The standard InChI is InChI=1S/C11H18N2O4/c1-8-6-9(17-13-8)10(14)12-7-11(2,15)4-5-16-3/h6,15H,4-5,7H2,1-3H3,(H,12,14). The molecule has 1 aromatic heterocycles. The fraction of sp³-hybridized carbons (Fsp3) is 0.636. The van der Waals surface area contributed by atoms with Crippen LogP contribution >= 0.6 is 0 Å². The molecule has 6 heteroatoms. The summed E-state index contributed by atoms with van der Waals surface area (Å²) in [5, 5.41) is 16.1. The number of methoxy groups -OCH3 is 1. The first-order valence-electron chi connectivity index (χ1n) is 5.37. The molecule has 0 aromatic carbocycles. The van der Waals surface area contributed by atoms with E-state index in [-0.39, 0.29) is 18.2 Å². The van der Waals surface area contributed by atoms with E-state index in [9.17, 15) is 9.90 Å². The first-order valence-corrected chi connectivity index (χ1v) is 5.37. The van der Waals surface area contributed by atoms with Crippen LogP contribution in [0, 0.1) is 6.92 Å². The number of ether oxygens (including phenoxy) is 1. The van der Waals surface area contributed by atoms with Crippen molar-refractivity contribution < 1.29 is 19.2 Å². The number of carbonyl (C=O) groups is 1. The molecule has 0 saturated carbocycles. The van der Waals surface area contributed by atoms with E-state index in [1.54, 1.807) is 27.0 Å². The van der Waals surface area contributed by atoms with Crippen molar-refractivity contribution >= 4 is 5.91 Å². The van der Waals surface area contributed by atoms with Gasteiger partial charge in [0.05, 0.1) is 11.3 Å². The molecule has 0 aliphatic heterocycles. The van der Waals surface area contributed by atoms with Gasteiger partial charge in [0, 0.05) is 32.7 Å². The highest BCUT2D eigenvalue weighted by Gasteiger charge is 2.22. The smallest absolute Gasteiger partial charge is 0.290 e. The number of carbonyl (C=O) groups excluding carboxylic acids is 1. The number of amides is 1. The van der Waals surface area contributed by atoms with Gasteiger partial charge in [-0.1, -0.05) is 5.16 Å². The van der Waals surface area contributed by atoms with E-state index >= 15 is 0 Å². The molecule has 1 unspecified atom stereocenters. The van der Waals surface area contributed by atoms with Crippen LogP contribution in [0.5, 0.6) is 0 Å². The molecule has 1 amide bonds. The molecule has 96 valence electrons. The number of aliphatic hydroxyl groups is 1. The van der Waals surface area contributed by atoms with Crippen LogP contribution in [-0.2, 0) is 4.74 Å². The Morgan fingerprint density at radius 3 is 2.94 bits per heavy atom. The molecule has 6 nitrogen and oxygen atoms in total. The predicted molar refractivity (Wildman–Crippen MR) is 60.7 cm³/mol. The molecule has 0 radical (unpaired) electrons. The molecule has 1 rings (SSSR count). The highest BCUT2D eigenvalue weighted by molar-refractivity contribution is 5.91. The zero-order valence-electron chi connectivity index (χ0n) is 10.3. The number of aromatic nitrogens is 1. The third-order valence-electron chi connectivity index (χ3n) is 2.33. The normalized spacial score (nSPS) is 14.4. The van der Waals surface area contributed by atoms with E-state index in [2.05, 4.69) is 10.5 Å². The summed E-state index contributed by atoms with van der Waals surface area (Å²) in [4.78, 5) is 11.6. The monoisotopic (exact) mass is 242 g/mol. The van der Waals surface area contributed by atoms with Crippen LogP contribution in [0.1, 0.15) is 29.6 Å². The van der Waals surface area contributed by atoms with Crippen molar-refractivity contribution in [3.63, 3.8) is 0 Å². The Morgan fingerprint density at radius 2 is 2.41 bits per heavy atom. The molecule has 0 fully saturated rings. The summed E-state index contributed by atoms with van der Waals surface area (Å²) in [6, 6.07) is 1.54. The number of hydrogen-bond donors (Lipinski definition) is 2. The fourth-order valence-corrected chi connectivity index (χ4v) is 1.24. The molecule has 0 aliphatic carbocycles. The average Bonchev–Trinajstić information content (AvgIpc) is 2.70. The van der Waals surface area contributed by atoms with E-state index in [1.165, 1.54) is 0 Å². The molecular weight excluding hydrogens is 224 g/mol. The van der Waals surface area contributed by atoms with Crippen molar-refractivity contribution in [2.75, 3.05) is 20.3 Å². The van der Waals surface area contributed by atoms with Gasteiger partial charge in [-0.2, -0.15) is 0 Å². The Kier molecular flexibility index (Phi) is 4.65. The number of nitrogens with one attached hydrogen (secondary N) is 1. The third-order valence-corrected chi connectivity index (χ3v) is 2.33. The van der Waals surface area contributed by atoms with Gasteiger partial charge in [-0.25, -0.2) is 0 Å². The highest BCUT2D eigenvalue weighted by Crippen LogP contribution is 2.08. The molecule has 1 heterocycles. The minimum absolute atomic E-state index is 0.134. The quantitative estimate of drug-likeness (QED) is 0.758. The van der Waals surface area contributed by atoms with Crippen molar-refractivity contribution in [3.05, 3.63) is 17.5 Å². The van der Waals surface area contributed by atoms with Crippen molar-refractivity contribution in [1.82, 2.24) is 10.5 Å². The fourth-order valence-electron chi connectivity index (χ4n) is 1.24. The van der Waals surface area contributed by atoms with Crippen LogP contribution in [0.25, 0.3) is 0 Å². The Labute approximate surface area is 99.9 Å². The Balaban J connectivity index is 2.42. The van der Waals surface area contributed by atoms with Crippen LogP contribution in [0.3, 0.4) is 0 Å². The molecule has 17 heavy (non-hydrogen) atoms. The summed E-state index contributed by atoms with van der Waals surface area (Å²) in [6.45, 7) is 3.94. The zero-order valence-corrected chi connectivity index (χ0v) is 10.3. The number of aryl methyl sites for hydroxylation is 1. The zero-order chi connectivity index (χ0) is 12.9. The average molecular weight is 242 g/mol. The van der Waals surface area contributed by atoms with Crippen molar-refractivity contribution in [3.8, 4) is 0 Å². The van der Waals surface area contributed by atoms with E-state index < -0.39 is 5.60 Å². The van der Waals surface area contributed by atoms with Gasteiger partial charge in [0.2, 0.25) is 5.76 Å². The van der Waals surface area contributed by atoms with E-state index in [0.717, 1.165) is 0 Å². The van der Waals surface area contributed by atoms with E-state index in [0.29, 0.717) is 18.7 Å². The van der Waals surface area contributed by atoms with Crippen molar-refractivity contribution in [2.45, 2.75) is 25.9 Å². The lowest BCUT2D eigenvalue weighted by Crippen LogP contribution is -2.41. The topological polar surface area (TPSA) is 84.6 Å². The first-order chi connectivity index (χ1) is 7.94. The molecule has 2 N–H and O–H groups in total. The molecule has 1 aromatic rings. The third kappa shape index (κ3) is 4.54. The van der Waals surface area contributed by atoms with E-state index in [1.807, 2.05) is 0 Å². The Hall–Kier alpha value is -1.40. The van der Waals surface area contributed by atoms with Gasteiger partial charge in [-0.3, -0.25) is 4.79 Å². The largest absolute Gasteiger partial charge is 0.388 e. The second kappa shape index (κ2) is 5.79. The maximum atomic E-state index is 11.6. The maximum absolute atomic E-state index is 11.6. The summed E-state index contributed by atoms with van der Waals surface area (Å²) in [6.07, 6.45) is 0.444. The predicted octanol–water partition coefficient (Wildman–Crippen LogP) is 0.500. The molecule has 0 aliphatic rings. The van der Waals surface area contributed by atoms with Gasteiger partial charge in [0.1, 0.15) is 0 Å². The number of nitrogens with zero attached hydrogens (tertiary/aromatic N) is 1. The van der Waals surface area contributed by atoms with Crippen LogP contribution < -0.4 is 5.32 Å². The molecular formula is C11H18N2O4. The Morgan fingerprint density at radius 1 is 1.71 bits per heavy atom. The number of rotatable bonds is 6. The van der Waals surface area contributed by atoms with Gasteiger partial charge in [0.25, 0.3) is 5.91 Å². The Bertz CT molecular complexity index is 373. The van der Waals surface area contributed by atoms with Crippen LogP contribution in [0.4, 0.5) is 0 Å². The van der Waals surface area contributed by atoms with Gasteiger partial charge in [0.15, 0.2) is 0 Å². The van der Waals surface area contributed by atoms with Crippen LogP contribution in [0.2, 0.25) is 0 Å². The lowest BCUT2D eigenvalue weighted by Gasteiger charge is -2.22. The minimum atomic E-state index is -0.999. The summed E-state index contributed by atoms with van der Waals surface area (Å²) >= 11 is 0. The summed E-state index contributed by atoms with van der Waals surface area (Å²) < 4.78 is 9.68. The second-order valence-corrected chi connectivity index (χ2v) is 4.25. The summed E-state index contributed by atoms with van der Waals surface area (Å²) in [7, 11) is 1.56.